The maximum Gasteiger partial charge on any atom is 0.0896 e. The molecule has 1 atom stereocenters. The predicted octanol–water partition coefficient (Wildman–Crippen LogP) is 3.41. The molecule has 1 fully saturated rings. The van der Waals surface area contributed by atoms with Gasteiger partial charge in [0.1, 0.15) is 0 Å². The summed E-state index contributed by atoms with van der Waals surface area (Å²) in [4.78, 5) is 5.79. The number of hydrogen-bond acceptors (Lipinski definition) is 3. The molecule has 0 radical (unpaired) electrons. The van der Waals surface area contributed by atoms with Crippen molar-refractivity contribution in [2.75, 3.05) is 6.54 Å². The van der Waals surface area contributed by atoms with Crippen LogP contribution in [0.3, 0.4) is 0 Å². The topological polar surface area (TPSA) is 24.9 Å². The quantitative estimate of drug-likeness (QED) is 0.868. The molecule has 0 aromatic carbocycles. The summed E-state index contributed by atoms with van der Waals surface area (Å²) < 4.78 is 0. The van der Waals surface area contributed by atoms with Crippen LogP contribution in [0.15, 0.2) is 6.20 Å². The van der Waals surface area contributed by atoms with Gasteiger partial charge in [0, 0.05) is 17.1 Å². The SMILES string of the molecule is Cc1ncc(CC(CNC2CC2)C(C)(C)C)s1. The smallest absolute Gasteiger partial charge is 0.0896 e. The third-order valence-corrected chi connectivity index (χ3v) is 4.51. The summed E-state index contributed by atoms with van der Waals surface area (Å²) >= 11 is 1.84. The number of hydrogen-bond donors (Lipinski definition) is 1. The lowest BCUT2D eigenvalue weighted by molar-refractivity contribution is 0.231. The van der Waals surface area contributed by atoms with E-state index >= 15 is 0 Å². The van der Waals surface area contributed by atoms with Crippen LogP contribution in [0.5, 0.6) is 0 Å². The van der Waals surface area contributed by atoms with Gasteiger partial charge in [-0.2, -0.15) is 0 Å². The van der Waals surface area contributed by atoms with Crippen molar-refractivity contribution >= 4 is 11.3 Å². The van der Waals surface area contributed by atoms with Gasteiger partial charge in [-0.15, -0.1) is 11.3 Å². The van der Waals surface area contributed by atoms with Gasteiger partial charge in [0.25, 0.3) is 0 Å². The van der Waals surface area contributed by atoms with Crippen LogP contribution in [0, 0.1) is 18.3 Å². The number of aryl methyl sites for hydroxylation is 1. The molecule has 0 saturated heterocycles. The van der Waals surface area contributed by atoms with Crippen molar-refractivity contribution in [2.45, 2.75) is 53.0 Å². The summed E-state index contributed by atoms with van der Waals surface area (Å²) in [5.74, 6) is 0.697. The van der Waals surface area contributed by atoms with Gasteiger partial charge in [0.2, 0.25) is 0 Å². The van der Waals surface area contributed by atoms with Crippen LogP contribution in [0.4, 0.5) is 0 Å². The van der Waals surface area contributed by atoms with E-state index in [1.807, 2.05) is 11.3 Å². The fraction of sp³-hybridized carbons (Fsp3) is 0.786. The van der Waals surface area contributed by atoms with Crippen molar-refractivity contribution in [3.8, 4) is 0 Å². The summed E-state index contributed by atoms with van der Waals surface area (Å²) in [7, 11) is 0. The monoisotopic (exact) mass is 252 g/mol. The minimum atomic E-state index is 0.361. The van der Waals surface area contributed by atoms with Crippen molar-refractivity contribution < 1.29 is 0 Å². The van der Waals surface area contributed by atoms with Crippen molar-refractivity contribution in [1.82, 2.24) is 10.3 Å². The summed E-state index contributed by atoms with van der Waals surface area (Å²) in [6.07, 6.45) is 5.96. The molecule has 17 heavy (non-hydrogen) atoms. The minimum absolute atomic E-state index is 0.361. The first-order valence-electron chi connectivity index (χ1n) is 6.60. The highest BCUT2D eigenvalue weighted by atomic mass is 32.1. The Bertz CT molecular complexity index is 361. The van der Waals surface area contributed by atoms with Gasteiger partial charge in [-0.3, -0.25) is 0 Å². The molecule has 0 spiro atoms. The van der Waals surface area contributed by atoms with Crippen LogP contribution >= 0.6 is 11.3 Å². The second-order valence-corrected chi connectivity index (χ2v) is 7.61. The Balaban J connectivity index is 1.94. The highest BCUT2D eigenvalue weighted by molar-refractivity contribution is 7.11. The number of thiazole rings is 1. The van der Waals surface area contributed by atoms with Gasteiger partial charge in [-0.25, -0.2) is 4.98 Å². The molecule has 2 rings (SSSR count). The molecule has 1 N–H and O–H groups in total. The average Bonchev–Trinajstić information content (AvgIpc) is 2.95. The fourth-order valence-corrected chi connectivity index (χ4v) is 2.90. The zero-order valence-electron chi connectivity index (χ0n) is 11.4. The molecular weight excluding hydrogens is 228 g/mol. The molecule has 96 valence electrons. The second kappa shape index (κ2) is 5.07. The normalized spacial score (nSPS) is 18.4. The lowest BCUT2D eigenvalue weighted by Gasteiger charge is -2.30. The molecule has 1 aliphatic carbocycles. The molecule has 0 amide bonds. The van der Waals surface area contributed by atoms with E-state index in [0.717, 1.165) is 19.0 Å². The Kier molecular flexibility index (Phi) is 3.88. The van der Waals surface area contributed by atoms with E-state index in [9.17, 15) is 0 Å². The van der Waals surface area contributed by atoms with Crippen molar-refractivity contribution in [1.29, 1.82) is 0 Å². The lowest BCUT2D eigenvalue weighted by Crippen LogP contribution is -2.34. The molecule has 0 bridgehead atoms. The van der Waals surface area contributed by atoms with E-state index in [4.69, 9.17) is 0 Å². The van der Waals surface area contributed by atoms with E-state index < -0.39 is 0 Å². The maximum atomic E-state index is 4.36. The summed E-state index contributed by atoms with van der Waals surface area (Å²) in [6, 6.07) is 0.808. The van der Waals surface area contributed by atoms with Crippen molar-refractivity contribution in [2.24, 2.45) is 11.3 Å². The van der Waals surface area contributed by atoms with Gasteiger partial charge >= 0.3 is 0 Å². The Morgan fingerprint density at radius 3 is 2.65 bits per heavy atom. The largest absolute Gasteiger partial charge is 0.314 e. The average molecular weight is 252 g/mol. The van der Waals surface area contributed by atoms with Gasteiger partial charge in [-0.05, 0) is 44.1 Å². The number of rotatable bonds is 5. The van der Waals surface area contributed by atoms with Crippen LogP contribution in [-0.4, -0.2) is 17.6 Å². The molecule has 1 aromatic heterocycles. The van der Waals surface area contributed by atoms with E-state index in [1.165, 1.54) is 22.7 Å². The lowest BCUT2D eigenvalue weighted by atomic mass is 9.78. The third-order valence-electron chi connectivity index (χ3n) is 3.57. The first kappa shape index (κ1) is 13.0. The molecule has 2 nitrogen and oxygen atoms in total. The number of aromatic nitrogens is 1. The van der Waals surface area contributed by atoms with Gasteiger partial charge < -0.3 is 5.32 Å². The van der Waals surface area contributed by atoms with Crippen LogP contribution in [0.2, 0.25) is 0 Å². The van der Waals surface area contributed by atoms with Crippen LogP contribution < -0.4 is 5.32 Å². The zero-order chi connectivity index (χ0) is 12.5. The van der Waals surface area contributed by atoms with Crippen LogP contribution in [0.1, 0.15) is 43.5 Å². The van der Waals surface area contributed by atoms with Gasteiger partial charge in [0.15, 0.2) is 0 Å². The predicted molar refractivity (Wildman–Crippen MR) is 74.5 cm³/mol. The summed E-state index contributed by atoms with van der Waals surface area (Å²) in [5, 5.41) is 4.86. The van der Waals surface area contributed by atoms with Gasteiger partial charge in [0.05, 0.1) is 5.01 Å². The molecular formula is C14H24N2S. The highest BCUT2D eigenvalue weighted by Gasteiger charge is 2.28. The van der Waals surface area contributed by atoms with Crippen LogP contribution in [0.25, 0.3) is 0 Å². The van der Waals surface area contributed by atoms with Crippen molar-refractivity contribution in [3.63, 3.8) is 0 Å². The second-order valence-electron chi connectivity index (χ2n) is 6.30. The maximum absolute atomic E-state index is 4.36. The Morgan fingerprint density at radius 2 is 2.18 bits per heavy atom. The van der Waals surface area contributed by atoms with Gasteiger partial charge in [-0.1, -0.05) is 20.8 Å². The summed E-state index contributed by atoms with van der Waals surface area (Å²) in [5.41, 5.74) is 0.361. The van der Waals surface area contributed by atoms with E-state index in [-0.39, 0.29) is 0 Å². The van der Waals surface area contributed by atoms with E-state index in [2.05, 4.69) is 44.2 Å². The molecule has 1 unspecified atom stereocenters. The third kappa shape index (κ3) is 4.07. The molecule has 1 heterocycles. The Labute approximate surface area is 109 Å². The first-order chi connectivity index (χ1) is 7.95. The minimum Gasteiger partial charge on any atom is -0.314 e. The number of nitrogens with one attached hydrogen (secondary N) is 1. The van der Waals surface area contributed by atoms with Crippen molar-refractivity contribution in [3.05, 3.63) is 16.1 Å². The first-order valence-corrected chi connectivity index (χ1v) is 7.41. The standard InChI is InChI=1S/C14H24N2S/c1-10-15-9-13(17-10)7-11(14(2,3)4)8-16-12-5-6-12/h9,11-12,16H,5-8H2,1-4H3. The van der Waals surface area contributed by atoms with E-state index in [1.54, 1.807) is 0 Å². The number of nitrogens with zero attached hydrogens (tertiary/aromatic N) is 1. The molecule has 1 aliphatic rings. The Morgan fingerprint density at radius 1 is 1.47 bits per heavy atom. The fourth-order valence-electron chi connectivity index (χ4n) is 2.02. The zero-order valence-corrected chi connectivity index (χ0v) is 12.2. The molecule has 3 heteroatoms. The molecule has 1 aromatic rings. The van der Waals surface area contributed by atoms with Crippen LogP contribution in [-0.2, 0) is 6.42 Å². The highest BCUT2D eigenvalue weighted by Crippen LogP contribution is 2.31. The van der Waals surface area contributed by atoms with E-state index in [0.29, 0.717) is 11.3 Å². The molecule has 0 aliphatic heterocycles. The molecule has 1 saturated carbocycles. The summed E-state index contributed by atoms with van der Waals surface area (Å²) in [6.45, 7) is 10.3. The Hall–Kier alpha value is -0.410.